The molecule has 5 nitrogen and oxygen atoms in total. The topological polar surface area (TPSA) is 94.0 Å². The number of carbonyl (C=O) groups is 1. The fourth-order valence-electron chi connectivity index (χ4n) is 2.42. The lowest BCUT2D eigenvalue weighted by molar-refractivity contribution is 0.100. The Morgan fingerprint density at radius 2 is 1.83 bits per heavy atom. The number of anilines is 2. The van der Waals surface area contributed by atoms with Crippen molar-refractivity contribution in [3.63, 3.8) is 0 Å². The van der Waals surface area contributed by atoms with Crippen molar-refractivity contribution >= 4 is 28.3 Å². The van der Waals surface area contributed by atoms with Crippen molar-refractivity contribution in [2.45, 2.75) is 51.0 Å². The highest BCUT2D eigenvalue weighted by Crippen LogP contribution is 2.29. The van der Waals surface area contributed by atoms with Gasteiger partial charge in [0.1, 0.15) is 10.6 Å². The summed E-state index contributed by atoms with van der Waals surface area (Å²) in [5.41, 5.74) is 11.3. The number of nitrogens with two attached hydrogens (primary N) is 2. The lowest BCUT2D eigenvalue weighted by atomic mass is 9.97. The fraction of sp³-hybridized carbons (Fsp3) is 0.667. The van der Waals surface area contributed by atoms with Crippen molar-refractivity contribution in [1.82, 2.24) is 4.37 Å². The second-order valence-corrected chi connectivity index (χ2v) is 5.60. The third-order valence-corrected chi connectivity index (χ3v) is 4.20. The third-order valence-electron chi connectivity index (χ3n) is 3.41. The minimum atomic E-state index is -0.505. The Morgan fingerprint density at radius 3 is 2.44 bits per heavy atom. The van der Waals surface area contributed by atoms with Crippen molar-refractivity contribution in [3.8, 4) is 0 Å². The van der Waals surface area contributed by atoms with Gasteiger partial charge in [0, 0.05) is 6.04 Å². The third kappa shape index (κ3) is 3.13. The number of hydrogen-bond donors (Lipinski definition) is 3. The van der Waals surface area contributed by atoms with E-state index >= 15 is 0 Å². The summed E-state index contributed by atoms with van der Waals surface area (Å²) in [6, 6.07) is 0.406. The molecule has 0 bridgehead atoms. The van der Waals surface area contributed by atoms with Gasteiger partial charge in [-0.15, -0.1) is 0 Å². The van der Waals surface area contributed by atoms with Gasteiger partial charge in [-0.05, 0) is 24.4 Å². The summed E-state index contributed by atoms with van der Waals surface area (Å²) >= 11 is 1.22. The summed E-state index contributed by atoms with van der Waals surface area (Å²) in [6.45, 7) is 0. The van der Waals surface area contributed by atoms with Gasteiger partial charge in [-0.2, -0.15) is 4.37 Å². The molecular weight excluding hydrogens is 248 g/mol. The van der Waals surface area contributed by atoms with Crippen molar-refractivity contribution in [2.24, 2.45) is 5.73 Å². The minimum absolute atomic E-state index is 0.237. The summed E-state index contributed by atoms with van der Waals surface area (Å²) in [4.78, 5) is 11.3. The van der Waals surface area contributed by atoms with E-state index in [1.807, 2.05) is 0 Å². The van der Waals surface area contributed by atoms with Gasteiger partial charge in [0.05, 0.1) is 0 Å². The van der Waals surface area contributed by atoms with Crippen LogP contribution in [0.4, 0.5) is 10.8 Å². The molecule has 6 heteroatoms. The van der Waals surface area contributed by atoms with Crippen molar-refractivity contribution in [2.75, 3.05) is 11.1 Å². The smallest absolute Gasteiger partial charge is 0.255 e. The first kappa shape index (κ1) is 13.1. The van der Waals surface area contributed by atoms with E-state index in [0.717, 1.165) is 17.8 Å². The SMILES string of the molecule is NC(=O)c1c(N)nsc1NC1CCCCCCC1. The van der Waals surface area contributed by atoms with E-state index in [1.165, 1.54) is 43.6 Å². The number of nitrogens with zero attached hydrogens (tertiary/aromatic N) is 1. The zero-order valence-electron chi connectivity index (χ0n) is 10.4. The van der Waals surface area contributed by atoms with Gasteiger partial charge in [0.15, 0.2) is 5.82 Å². The minimum Gasteiger partial charge on any atom is -0.382 e. The van der Waals surface area contributed by atoms with E-state index in [4.69, 9.17) is 11.5 Å². The van der Waals surface area contributed by atoms with Crippen LogP contribution in [0.25, 0.3) is 0 Å². The standard InChI is InChI=1S/C12H20N4OS/c13-10-9(11(14)17)12(18-16-10)15-8-6-4-2-1-3-5-7-8/h8,15H,1-7H2,(H2,13,16)(H2,14,17). The second kappa shape index (κ2) is 6.04. The van der Waals surface area contributed by atoms with Crippen molar-refractivity contribution in [3.05, 3.63) is 5.56 Å². The molecule has 1 saturated carbocycles. The Balaban J connectivity index is 2.05. The second-order valence-electron chi connectivity index (χ2n) is 4.82. The number of carbonyl (C=O) groups excluding carboxylic acids is 1. The van der Waals surface area contributed by atoms with Gasteiger partial charge in [-0.25, -0.2) is 0 Å². The number of nitrogens with one attached hydrogen (secondary N) is 1. The Labute approximate surface area is 111 Å². The number of primary amides is 1. The molecule has 100 valence electrons. The van der Waals surface area contributed by atoms with Crippen LogP contribution in [0.3, 0.4) is 0 Å². The summed E-state index contributed by atoms with van der Waals surface area (Å²) in [5, 5.41) is 4.12. The van der Waals surface area contributed by atoms with Crippen molar-refractivity contribution < 1.29 is 4.79 Å². The quantitative estimate of drug-likeness (QED) is 0.784. The van der Waals surface area contributed by atoms with E-state index in [0.29, 0.717) is 11.6 Å². The number of rotatable bonds is 3. The zero-order chi connectivity index (χ0) is 13.0. The molecule has 0 radical (unpaired) electrons. The molecule has 0 spiro atoms. The van der Waals surface area contributed by atoms with Gasteiger partial charge in [0.25, 0.3) is 5.91 Å². The predicted molar refractivity (Wildman–Crippen MR) is 74.8 cm³/mol. The Kier molecular flexibility index (Phi) is 4.41. The Bertz CT molecular complexity index is 410. The molecule has 5 N–H and O–H groups in total. The summed E-state index contributed by atoms with van der Waals surface area (Å²) in [5.74, 6) is -0.268. The van der Waals surface area contributed by atoms with Crippen LogP contribution in [0.15, 0.2) is 0 Å². The van der Waals surface area contributed by atoms with Gasteiger partial charge in [-0.1, -0.05) is 32.1 Å². The molecule has 1 fully saturated rings. The number of aromatic nitrogens is 1. The monoisotopic (exact) mass is 268 g/mol. The Morgan fingerprint density at radius 1 is 1.22 bits per heavy atom. The van der Waals surface area contributed by atoms with E-state index in [9.17, 15) is 4.79 Å². The number of hydrogen-bond acceptors (Lipinski definition) is 5. The first-order chi connectivity index (χ1) is 8.68. The molecule has 0 saturated heterocycles. The first-order valence-electron chi connectivity index (χ1n) is 6.50. The van der Waals surface area contributed by atoms with Crippen LogP contribution in [0.1, 0.15) is 55.3 Å². The van der Waals surface area contributed by atoms with Crippen LogP contribution in [0.5, 0.6) is 0 Å². The van der Waals surface area contributed by atoms with E-state index in [1.54, 1.807) is 0 Å². The first-order valence-corrected chi connectivity index (χ1v) is 7.27. The molecule has 0 unspecified atom stereocenters. The largest absolute Gasteiger partial charge is 0.382 e. The van der Waals surface area contributed by atoms with Gasteiger partial charge < -0.3 is 16.8 Å². The molecule has 1 aliphatic rings. The molecule has 1 aromatic heterocycles. The highest BCUT2D eigenvalue weighted by Gasteiger charge is 2.19. The molecule has 0 aromatic carbocycles. The predicted octanol–water partition coefficient (Wildman–Crippen LogP) is 2.35. The van der Waals surface area contributed by atoms with Crippen LogP contribution in [0, 0.1) is 0 Å². The van der Waals surface area contributed by atoms with E-state index in [2.05, 4.69) is 9.69 Å². The van der Waals surface area contributed by atoms with Crippen LogP contribution in [-0.4, -0.2) is 16.3 Å². The zero-order valence-corrected chi connectivity index (χ0v) is 11.3. The van der Waals surface area contributed by atoms with Crippen LogP contribution in [-0.2, 0) is 0 Å². The maximum atomic E-state index is 11.3. The molecule has 18 heavy (non-hydrogen) atoms. The van der Waals surface area contributed by atoms with Crippen LogP contribution in [0.2, 0.25) is 0 Å². The van der Waals surface area contributed by atoms with E-state index in [-0.39, 0.29) is 5.82 Å². The fourth-order valence-corrected chi connectivity index (χ4v) is 3.22. The molecule has 1 amide bonds. The molecule has 1 aromatic rings. The maximum Gasteiger partial charge on any atom is 0.255 e. The van der Waals surface area contributed by atoms with Gasteiger partial charge in [-0.3, -0.25) is 4.79 Å². The van der Waals surface area contributed by atoms with E-state index < -0.39 is 5.91 Å². The maximum absolute atomic E-state index is 11.3. The number of amides is 1. The lowest BCUT2D eigenvalue weighted by Crippen LogP contribution is -2.22. The molecule has 0 aliphatic heterocycles. The summed E-state index contributed by atoms with van der Waals surface area (Å²) in [7, 11) is 0. The molecular formula is C12H20N4OS. The highest BCUT2D eigenvalue weighted by atomic mass is 32.1. The van der Waals surface area contributed by atoms with Crippen molar-refractivity contribution in [1.29, 1.82) is 0 Å². The van der Waals surface area contributed by atoms with Crippen LogP contribution >= 0.6 is 11.5 Å². The molecule has 0 atom stereocenters. The summed E-state index contributed by atoms with van der Waals surface area (Å²) in [6.07, 6.45) is 8.67. The van der Waals surface area contributed by atoms with Crippen LogP contribution < -0.4 is 16.8 Å². The average Bonchev–Trinajstić information content (AvgIpc) is 2.63. The Hall–Kier alpha value is -1.30. The highest BCUT2D eigenvalue weighted by molar-refractivity contribution is 7.11. The summed E-state index contributed by atoms with van der Waals surface area (Å²) < 4.78 is 4.00. The lowest BCUT2D eigenvalue weighted by Gasteiger charge is -2.21. The average molecular weight is 268 g/mol. The van der Waals surface area contributed by atoms with Gasteiger partial charge >= 0.3 is 0 Å². The number of nitrogen functional groups attached to an aromatic ring is 1. The molecule has 1 heterocycles. The molecule has 1 aliphatic carbocycles. The molecule has 2 rings (SSSR count). The van der Waals surface area contributed by atoms with Gasteiger partial charge in [0.2, 0.25) is 0 Å². The normalized spacial score (nSPS) is 18.0.